The van der Waals surface area contributed by atoms with Crippen LogP contribution in [0.15, 0.2) is 60.5 Å². The third kappa shape index (κ3) is 3.22. The van der Waals surface area contributed by atoms with Crippen LogP contribution in [0.4, 0.5) is 0 Å². The van der Waals surface area contributed by atoms with Crippen LogP contribution < -0.4 is 11.2 Å². The maximum Gasteiger partial charge on any atom is 0.0612 e. The van der Waals surface area contributed by atoms with Gasteiger partial charge in [-0.1, -0.05) is 30.9 Å². The maximum absolute atomic E-state index is 5.74. The second-order valence-corrected chi connectivity index (χ2v) is 3.33. The molecule has 1 aliphatic carbocycles. The molecule has 0 aliphatic heterocycles. The van der Waals surface area contributed by atoms with Crippen LogP contribution >= 0.6 is 0 Å². The van der Waals surface area contributed by atoms with Crippen molar-refractivity contribution in [3.05, 3.63) is 60.5 Å². The predicted octanol–water partition coefficient (Wildman–Crippen LogP) is 1.85. The molecule has 1 rings (SSSR count). The van der Waals surface area contributed by atoms with Gasteiger partial charge in [0.05, 0.1) is 5.70 Å². The van der Waals surface area contributed by atoms with Gasteiger partial charge in [-0.3, -0.25) is 5.01 Å². The van der Waals surface area contributed by atoms with Crippen molar-refractivity contribution in [2.75, 3.05) is 13.6 Å². The molecule has 0 unspecified atom stereocenters. The molecule has 3 nitrogen and oxygen atoms in total. The van der Waals surface area contributed by atoms with Crippen LogP contribution in [-0.4, -0.2) is 18.6 Å². The highest BCUT2D eigenvalue weighted by molar-refractivity contribution is 5.36. The number of rotatable bonds is 5. The number of nitrogens with one attached hydrogen (secondary N) is 1. The van der Waals surface area contributed by atoms with Crippen molar-refractivity contribution in [3.63, 3.8) is 0 Å². The van der Waals surface area contributed by atoms with Crippen LogP contribution in [0.2, 0.25) is 0 Å². The van der Waals surface area contributed by atoms with Gasteiger partial charge in [0.1, 0.15) is 0 Å². The Morgan fingerprint density at radius 1 is 1.50 bits per heavy atom. The summed E-state index contributed by atoms with van der Waals surface area (Å²) in [6.45, 7) is 4.18. The molecule has 0 aromatic rings. The van der Waals surface area contributed by atoms with Crippen LogP contribution in [-0.2, 0) is 0 Å². The van der Waals surface area contributed by atoms with E-state index in [-0.39, 0.29) is 0 Å². The zero-order valence-electron chi connectivity index (χ0n) is 9.69. The predicted molar refractivity (Wildman–Crippen MR) is 69.2 cm³/mol. The largest absolute Gasteiger partial charge is 0.326 e. The van der Waals surface area contributed by atoms with Crippen molar-refractivity contribution in [2.45, 2.75) is 6.42 Å². The normalized spacial score (nSPS) is 15.6. The fraction of sp³-hybridized carbons (Fsp3) is 0.231. The standard InChI is InChI=1S/C13H19N3/c1-3-4-10-16(15-2)13-9-7-5-6-8-12(13)11-14/h3-4,6-10,15H,1,5,11,14H2,2H3/b10-4-. The van der Waals surface area contributed by atoms with Crippen LogP contribution in [0.25, 0.3) is 0 Å². The minimum Gasteiger partial charge on any atom is -0.326 e. The molecule has 0 aromatic heterocycles. The highest BCUT2D eigenvalue weighted by Crippen LogP contribution is 2.15. The Kier molecular flexibility index (Phi) is 5.32. The Morgan fingerprint density at radius 2 is 2.25 bits per heavy atom. The van der Waals surface area contributed by atoms with Crippen molar-refractivity contribution < 1.29 is 0 Å². The third-order valence-electron chi connectivity index (χ3n) is 2.29. The molecule has 0 bridgehead atoms. The Hall–Kier alpha value is -1.58. The summed E-state index contributed by atoms with van der Waals surface area (Å²) in [5.74, 6) is 0. The molecule has 0 spiro atoms. The molecule has 0 radical (unpaired) electrons. The number of nitrogens with zero attached hydrogens (tertiary/aromatic N) is 1. The van der Waals surface area contributed by atoms with Crippen LogP contribution in [0.3, 0.4) is 0 Å². The van der Waals surface area contributed by atoms with Gasteiger partial charge in [0.25, 0.3) is 0 Å². The van der Waals surface area contributed by atoms with Gasteiger partial charge in [0, 0.05) is 19.8 Å². The molecule has 3 heteroatoms. The summed E-state index contributed by atoms with van der Waals surface area (Å²) < 4.78 is 0. The van der Waals surface area contributed by atoms with Crippen LogP contribution in [0, 0.1) is 0 Å². The number of hydrogen-bond donors (Lipinski definition) is 2. The molecule has 0 heterocycles. The van der Waals surface area contributed by atoms with Crippen LogP contribution in [0.5, 0.6) is 0 Å². The zero-order chi connectivity index (χ0) is 11.8. The minimum atomic E-state index is 0.524. The molecule has 1 aliphatic rings. The monoisotopic (exact) mass is 217 g/mol. The van der Waals surface area contributed by atoms with Crippen LogP contribution in [0.1, 0.15) is 6.42 Å². The summed E-state index contributed by atoms with van der Waals surface area (Å²) in [6, 6.07) is 0. The SMILES string of the molecule is C=C/C=C\N(NC)C1=C(CN)C=CCC=C1. The molecule has 0 fully saturated rings. The number of allylic oxidation sites excluding steroid dienone is 5. The highest BCUT2D eigenvalue weighted by atomic mass is 15.5. The van der Waals surface area contributed by atoms with Crippen molar-refractivity contribution in [2.24, 2.45) is 5.73 Å². The van der Waals surface area contributed by atoms with Gasteiger partial charge in [-0.05, 0) is 24.1 Å². The second-order valence-electron chi connectivity index (χ2n) is 3.33. The summed E-state index contributed by atoms with van der Waals surface area (Å²) in [5, 5.41) is 1.93. The van der Waals surface area contributed by atoms with Gasteiger partial charge < -0.3 is 5.73 Å². The Bertz CT molecular complexity index is 348. The summed E-state index contributed by atoms with van der Waals surface area (Å²) in [4.78, 5) is 0. The third-order valence-corrected chi connectivity index (χ3v) is 2.29. The molecular weight excluding hydrogens is 198 g/mol. The molecular formula is C13H19N3. The van der Waals surface area contributed by atoms with E-state index in [0.29, 0.717) is 6.54 Å². The highest BCUT2D eigenvalue weighted by Gasteiger charge is 2.07. The number of hydrazine groups is 1. The quantitative estimate of drug-likeness (QED) is 0.545. The van der Waals surface area contributed by atoms with E-state index >= 15 is 0 Å². The van der Waals surface area contributed by atoms with Gasteiger partial charge in [-0.2, -0.15) is 0 Å². The zero-order valence-corrected chi connectivity index (χ0v) is 9.69. The fourth-order valence-electron chi connectivity index (χ4n) is 1.49. The van der Waals surface area contributed by atoms with E-state index in [2.05, 4.69) is 36.3 Å². The lowest BCUT2D eigenvalue weighted by molar-refractivity contribution is 0.382. The molecule has 86 valence electrons. The van der Waals surface area contributed by atoms with E-state index < -0.39 is 0 Å². The maximum atomic E-state index is 5.74. The number of hydrogen-bond acceptors (Lipinski definition) is 3. The van der Waals surface area contributed by atoms with E-state index in [1.54, 1.807) is 6.08 Å². The van der Waals surface area contributed by atoms with Crippen molar-refractivity contribution in [1.82, 2.24) is 10.4 Å². The fourth-order valence-corrected chi connectivity index (χ4v) is 1.49. The second kappa shape index (κ2) is 6.82. The molecule has 0 saturated carbocycles. The summed E-state index contributed by atoms with van der Waals surface area (Å²) in [5.41, 5.74) is 11.0. The summed E-state index contributed by atoms with van der Waals surface area (Å²) in [6.07, 6.45) is 14.8. The van der Waals surface area contributed by atoms with Gasteiger partial charge in [-0.15, -0.1) is 0 Å². The lowest BCUT2D eigenvalue weighted by Crippen LogP contribution is -2.30. The van der Waals surface area contributed by atoms with E-state index in [0.717, 1.165) is 17.7 Å². The topological polar surface area (TPSA) is 41.3 Å². The Labute approximate surface area is 97.3 Å². The Morgan fingerprint density at radius 3 is 2.88 bits per heavy atom. The first-order chi connectivity index (χ1) is 7.83. The first-order valence-electron chi connectivity index (χ1n) is 5.35. The van der Waals surface area contributed by atoms with Gasteiger partial charge in [0.15, 0.2) is 0 Å². The molecule has 16 heavy (non-hydrogen) atoms. The van der Waals surface area contributed by atoms with Crippen molar-refractivity contribution in [3.8, 4) is 0 Å². The molecule has 3 N–H and O–H groups in total. The summed E-state index contributed by atoms with van der Waals surface area (Å²) in [7, 11) is 1.87. The van der Waals surface area contributed by atoms with E-state index in [9.17, 15) is 0 Å². The van der Waals surface area contributed by atoms with Crippen molar-refractivity contribution in [1.29, 1.82) is 0 Å². The Balaban J connectivity index is 3.03. The van der Waals surface area contributed by atoms with E-state index in [1.165, 1.54) is 0 Å². The molecule has 0 amide bonds. The van der Waals surface area contributed by atoms with E-state index in [4.69, 9.17) is 5.73 Å². The molecule has 0 aromatic carbocycles. The first-order valence-corrected chi connectivity index (χ1v) is 5.35. The average Bonchev–Trinajstić information content (AvgIpc) is 2.55. The molecule has 0 atom stereocenters. The lowest BCUT2D eigenvalue weighted by Gasteiger charge is -2.22. The summed E-state index contributed by atoms with van der Waals surface area (Å²) >= 11 is 0. The van der Waals surface area contributed by atoms with E-state index in [1.807, 2.05) is 24.3 Å². The van der Waals surface area contributed by atoms with Crippen molar-refractivity contribution >= 4 is 0 Å². The van der Waals surface area contributed by atoms with Gasteiger partial charge in [0.2, 0.25) is 0 Å². The van der Waals surface area contributed by atoms with Gasteiger partial charge in [-0.25, -0.2) is 5.43 Å². The lowest BCUT2D eigenvalue weighted by atomic mass is 10.2. The van der Waals surface area contributed by atoms with Gasteiger partial charge >= 0.3 is 0 Å². The number of nitrogens with two attached hydrogens (primary N) is 1. The first kappa shape index (κ1) is 12.5. The minimum absolute atomic E-state index is 0.524. The smallest absolute Gasteiger partial charge is 0.0612 e. The average molecular weight is 217 g/mol. The molecule has 0 saturated heterocycles.